The maximum absolute atomic E-state index is 12.4. The van der Waals surface area contributed by atoms with E-state index in [2.05, 4.69) is 5.32 Å². The molecule has 1 atom stereocenters. The van der Waals surface area contributed by atoms with Gasteiger partial charge >= 0.3 is 5.97 Å². The first-order valence-electron chi connectivity index (χ1n) is 8.68. The predicted molar refractivity (Wildman–Crippen MR) is 100 cm³/mol. The van der Waals surface area contributed by atoms with Crippen molar-refractivity contribution in [1.29, 1.82) is 0 Å². The summed E-state index contributed by atoms with van der Waals surface area (Å²) in [4.78, 5) is 36.2. The van der Waals surface area contributed by atoms with Crippen LogP contribution >= 0.6 is 0 Å². The van der Waals surface area contributed by atoms with Gasteiger partial charge in [0.15, 0.2) is 5.78 Å². The van der Waals surface area contributed by atoms with E-state index < -0.39 is 12.0 Å². The molecule has 6 heteroatoms. The molecule has 2 aromatic carbocycles. The van der Waals surface area contributed by atoms with Crippen molar-refractivity contribution in [3.63, 3.8) is 0 Å². The Balaban J connectivity index is 2.06. The largest absolute Gasteiger partial charge is 0.467 e. The number of rotatable bonds is 9. The molecule has 0 aliphatic carbocycles. The third kappa shape index (κ3) is 6.04. The Labute approximate surface area is 158 Å². The van der Waals surface area contributed by atoms with Crippen molar-refractivity contribution in [2.75, 3.05) is 20.3 Å². The van der Waals surface area contributed by atoms with Crippen LogP contribution in [0.25, 0.3) is 0 Å². The summed E-state index contributed by atoms with van der Waals surface area (Å²) in [6, 6.07) is 15.1. The Morgan fingerprint density at radius 3 is 2.19 bits per heavy atom. The average Bonchev–Trinajstić information content (AvgIpc) is 2.71. The highest BCUT2D eigenvalue weighted by Gasteiger charge is 2.22. The van der Waals surface area contributed by atoms with E-state index >= 15 is 0 Å². The number of methoxy groups -OCH3 is 1. The number of benzene rings is 2. The van der Waals surface area contributed by atoms with E-state index in [-0.39, 0.29) is 24.7 Å². The van der Waals surface area contributed by atoms with Gasteiger partial charge in [0, 0.05) is 24.2 Å². The van der Waals surface area contributed by atoms with Crippen LogP contribution in [0.2, 0.25) is 0 Å². The second-order valence-electron chi connectivity index (χ2n) is 5.88. The number of carbonyl (C=O) groups is 3. The van der Waals surface area contributed by atoms with Crippen LogP contribution in [0.4, 0.5) is 0 Å². The normalized spacial score (nSPS) is 11.5. The maximum Gasteiger partial charge on any atom is 0.328 e. The van der Waals surface area contributed by atoms with Crippen LogP contribution in [0.5, 0.6) is 0 Å². The van der Waals surface area contributed by atoms with Crippen molar-refractivity contribution < 1.29 is 23.9 Å². The number of hydrogen-bond donors (Lipinski definition) is 1. The Hall–Kier alpha value is -2.99. The second kappa shape index (κ2) is 10.2. The highest BCUT2D eigenvalue weighted by Crippen LogP contribution is 2.12. The zero-order chi connectivity index (χ0) is 19.6. The van der Waals surface area contributed by atoms with Gasteiger partial charge in [-0.15, -0.1) is 0 Å². The molecule has 0 unspecified atom stereocenters. The quantitative estimate of drug-likeness (QED) is 0.541. The first-order chi connectivity index (χ1) is 13.0. The zero-order valence-corrected chi connectivity index (χ0v) is 15.4. The molecule has 0 radical (unpaired) electrons. The number of hydrogen-bond acceptors (Lipinski definition) is 5. The highest BCUT2D eigenvalue weighted by atomic mass is 16.5. The number of ketones is 1. The lowest BCUT2D eigenvalue weighted by atomic mass is 9.99. The van der Waals surface area contributed by atoms with Gasteiger partial charge in [-0.3, -0.25) is 9.59 Å². The third-order valence-corrected chi connectivity index (χ3v) is 3.95. The molecule has 0 saturated carbocycles. The highest BCUT2D eigenvalue weighted by molar-refractivity contribution is 6.08. The third-order valence-electron chi connectivity index (χ3n) is 3.95. The SMILES string of the molecule is CCOCC(=O)N[C@H](Cc1ccc(C(=O)c2ccccc2)cc1)C(=O)OC. The van der Waals surface area contributed by atoms with Gasteiger partial charge in [-0.2, -0.15) is 0 Å². The first-order valence-corrected chi connectivity index (χ1v) is 8.68. The van der Waals surface area contributed by atoms with Crippen LogP contribution < -0.4 is 5.32 Å². The van der Waals surface area contributed by atoms with E-state index in [1.54, 1.807) is 43.3 Å². The molecule has 0 bridgehead atoms. The average molecular weight is 369 g/mol. The maximum atomic E-state index is 12.4. The van der Waals surface area contributed by atoms with Crippen molar-refractivity contribution in [2.45, 2.75) is 19.4 Å². The number of amides is 1. The zero-order valence-electron chi connectivity index (χ0n) is 15.4. The van der Waals surface area contributed by atoms with Crippen LogP contribution in [-0.4, -0.2) is 44.0 Å². The summed E-state index contributed by atoms with van der Waals surface area (Å²) in [5.41, 5.74) is 1.97. The molecule has 0 heterocycles. The molecule has 6 nitrogen and oxygen atoms in total. The molecular formula is C21H23NO5. The van der Waals surface area contributed by atoms with Crippen LogP contribution in [-0.2, 0) is 25.5 Å². The summed E-state index contributed by atoms with van der Waals surface area (Å²) in [5, 5.41) is 2.61. The molecule has 0 saturated heterocycles. The van der Waals surface area contributed by atoms with Crippen LogP contribution in [0.15, 0.2) is 54.6 Å². The summed E-state index contributed by atoms with van der Waals surface area (Å²) in [6.45, 7) is 2.07. The number of ether oxygens (including phenoxy) is 2. The summed E-state index contributed by atoms with van der Waals surface area (Å²) in [6.07, 6.45) is 0.254. The minimum atomic E-state index is -0.821. The van der Waals surface area contributed by atoms with Crippen LogP contribution in [0.1, 0.15) is 28.4 Å². The Kier molecular flexibility index (Phi) is 7.70. The second-order valence-corrected chi connectivity index (χ2v) is 5.88. The van der Waals surface area contributed by atoms with Crippen molar-refractivity contribution in [1.82, 2.24) is 5.32 Å². The van der Waals surface area contributed by atoms with Gasteiger partial charge in [0.1, 0.15) is 12.6 Å². The van der Waals surface area contributed by atoms with Gasteiger partial charge < -0.3 is 14.8 Å². The molecule has 0 aromatic heterocycles. The van der Waals surface area contributed by atoms with Gasteiger partial charge in [-0.1, -0.05) is 54.6 Å². The van der Waals surface area contributed by atoms with Crippen LogP contribution in [0, 0.1) is 0 Å². The van der Waals surface area contributed by atoms with Crippen molar-refractivity contribution in [3.05, 3.63) is 71.3 Å². The Morgan fingerprint density at radius 1 is 0.963 bits per heavy atom. The fraction of sp³-hybridized carbons (Fsp3) is 0.286. The molecule has 142 valence electrons. The molecule has 0 spiro atoms. The number of carbonyl (C=O) groups excluding carboxylic acids is 3. The smallest absolute Gasteiger partial charge is 0.328 e. The summed E-state index contributed by atoms with van der Waals surface area (Å²) in [5.74, 6) is -0.996. The van der Waals surface area contributed by atoms with Crippen LogP contribution in [0.3, 0.4) is 0 Å². The molecule has 0 aliphatic rings. The summed E-state index contributed by atoms with van der Waals surface area (Å²) in [7, 11) is 1.27. The van der Waals surface area contributed by atoms with Crippen molar-refractivity contribution in [2.24, 2.45) is 0 Å². The van der Waals surface area contributed by atoms with E-state index in [1.165, 1.54) is 7.11 Å². The van der Waals surface area contributed by atoms with Gasteiger partial charge in [0.2, 0.25) is 5.91 Å². The van der Waals surface area contributed by atoms with E-state index in [9.17, 15) is 14.4 Å². The van der Waals surface area contributed by atoms with E-state index in [4.69, 9.17) is 9.47 Å². The van der Waals surface area contributed by atoms with Gasteiger partial charge in [0.05, 0.1) is 7.11 Å². The predicted octanol–water partition coefficient (Wildman–Crippen LogP) is 2.15. The van der Waals surface area contributed by atoms with Gasteiger partial charge in [0.25, 0.3) is 0 Å². The minimum Gasteiger partial charge on any atom is -0.467 e. The lowest BCUT2D eigenvalue weighted by molar-refractivity contribution is -0.145. The molecule has 2 rings (SSSR count). The molecule has 0 fully saturated rings. The monoisotopic (exact) mass is 369 g/mol. The Morgan fingerprint density at radius 2 is 1.59 bits per heavy atom. The first kappa shape index (κ1) is 20.3. The molecule has 1 N–H and O–H groups in total. The van der Waals surface area contributed by atoms with E-state index in [0.29, 0.717) is 17.7 Å². The minimum absolute atomic E-state index is 0.0725. The fourth-order valence-corrected chi connectivity index (χ4v) is 2.55. The molecule has 2 aromatic rings. The number of esters is 1. The molecule has 0 aliphatic heterocycles. The lowest BCUT2D eigenvalue weighted by Crippen LogP contribution is -2.44. The Bertz CT molecular complexity index is 771. The fourth-order valence-electron chi connectivity index (χ4n) is 2.55. The number of nitrogens with one attached hydrogen (secondary N) is 1. The van der Waals surface area contributed by atoms with Gasteiger partial charge in [-0.25, -0.2) is 4.79 Å². The topological polar surface area (TPSA) is 81.7 Å². The summed E-state index contributed by atoms with van der Waals surface area (Å²) < 4.78 is 9.80. The van der Waals surface area contributed by atoms with E-state index in [1.807, 2.05) is 18.2 Å². The summed E-state index contributed by atoms with van der Waals surface area (Å²) >= 11 is 0. The van der Waals surface area contributed by atoms with Crippen molar-refractivity contribution >= 4 is 17.7 Å². The molecule has 27 heavy (non-hydrogen) atoms. The van der Waals surface area contributed by atoms with Crippen molar-refractivity contribution in [3.8, 4) is 0 Å². The molecule has 1 amide bonds. The standard InChI is InChI=1S/C21H23NO5/c1-3-27-14-19(23)22-18(21(25)26-2)13-15-9-11-17(12-10-15)20(24)16-7-5-4-6-8-16/h4-12,18H,3,13-14H2,1-2H3,(H,22,23)/t18-/m1/s1. The lowest BCUT2D eigenvalue weighted by Gasteiger charge is -2.16. The molecular weight excluding hydrogens is 346 g/mol. The van der Waals surface area contributed by atoms with Gasteiger partial charge in [-0.05, 0) is 12.5 Å². The van der Waals surface area contributed by atoms with E-state index in [0.717, 1.165) is 5.56 Å².